The first-order valence-electron chi connectivity index (χ1n) is 7.98. The van der Waals surface area contributed by atoms with Crippen molar-refractivity contribution in [3.63, 3.8) is 0 Å². The summed E-state index contributed by atoms with van der Waals surface area (Å²) in [5.74, 6) is 4.93. The molecule has 0 nitrogen and oxygen atoms in total. The molecule has 0 aromatic carbocycles. The summed E-state index contributed by atoms with van der Waals surface area (Å²) >= 11 is 0. The number of allylic oxidation sites excluding steroid dienone is 3. The van der Waals surface area contributed by atoms with Gasteiger partial charge in [-0.05, 0) is 67.1 Å². The third-order valence-corrected chi connectivity index (χ3v) is 6.77. The van der Waals surface area contributed by atoms with E-state index in [0.29, 0.717) is 5.41 Å². The maximum absolute atomic E-state index is 4.23. The summed E-state index contributed by atoms with van der Waals surface area (Å²) in [7, 11) is 0. The van der Waals surface area contributed by atoms with Gasteiger partial charge >= 0.3 is 0 Å². The lowest BCUT2D eigenvalue weighted by atomic mass is 9.73. The summed E-state index contributed by atoms with van der Waals surface area (Å²) in [6.07, 6.45) is 11.2. The van der Waals surface area contributed by atoms with E-state index < -0.39 is 0 Å². The van der Waals surface area contributed by atoms with Gasteiger partial charge in [-0.15, -0.1) is 0 Å². The van der Waals surface area contributed by atoms with E-state index in [4.69, 9.17) is 0 Å². The Kier molecular flexibility index (Phi) is 2.22. The average molecular weight is 242 g/mol. The number of fused-ring (bicyclic) bond motifs is 5. The van der Waals surface area contributed by atoms with Crippen molar-refractivity contribution >= 4 is 0 Å². The molecule has 0 heteroatoms. The fraction of sp³-hybridized carbons (Fsp3) is 0.778. The van der Waals surface area contributed by atoms with Crippen LogP contribution in [0.3, 0.4) is 0 Å². The highest BCUT2D eigenvalue weighted by Gasteiger charge is 2.64. The lowest BCUT2D eigenvalue weighted by molar-refractivity contribution is 0.236. The first kappa shape index (κ1) is 11.3. The maximum Gasteiger partial charge on any atom is -0.0157 e. The monoisotopic (exact) mass is 242 g/mol. The molecule has 98 valence electrons. The zero-order valence-corrected chi connectivity index (χ0v) is 11.9. The van der Waals surface area contributed by atoms with E-state index in [1.807, 2.05) is 5.57 Å². The van der Waals surface area contributed by atoms with Gasteiger partial charge in [-0.2, -0.15) is 0 Å². The van der Waals surface area contributed by atoms with E-state index in [2.05, 4.69) is 26.5 Å². The molecule has 5 atom stereocenters. The van der Waals surface area contributed by atoms with Crippen LogP contribution in [0.1, 0.15) is 52.4 Å². The van der Waals surface area contributed by atoms with Crippen molar-refractivity contribution in [1.29, 1.82) is 0 Å². The molecule has 0 aliphatic heterocycles. The number of rotatable bonds is 0. The van der Waals surface area contributed by atoms with Crippen molar-refractivity contribution in [1.82, 2.24) is 0 Å². The van der Waals surface area contributed by atoms with Crippen molar-refractivity contribution < 1.29 is 0 Å². The van der Waals surface area contributed by atoms with E-state index in [1.165, 1.54) is 44.1 Å². The van der Waals surface area contributed by atoms with Crippen LogP contribution in [0.15, 0.2) is 23.8 Å². The molecule has 0 heterocycles. The van der Waals surface area contributed by atoms with Crippen LogP contribution in [0.4, 0.5) is 0 Å². The molecule has 0 spiro atoms. The van der Waals surface area contributed by atoms with Crippen molar-refractivity contribution in [3.05, 3.63) is 23.8 Å². The minimum absolute atomic E-state index is 0.662. The molecule has 3 saturated carbocycles. The highest BCUT2D eigenvalue weighted by Crippen LogP contribution is 2.70. The Morgan fingerprint density at radius 3 is 2.83 bits per heavy atom. The Balaban J connectivity index is 1.68. The first-order chi connectivity index (χ1) is 8.59. The van der Waals surface area contributed by atoms with Crippen LogP contribution in [0.5, 0.6) is 0 Å². The van der Waals surface area contributed by atoms with Gasteiger partial charge in [0.2, 0.25) is 0 Å². The molecular formula is C18H26. The Labute approximate surface area is 112 Å². The SMILES string of the molecule is C=C1C=C2C(CCCC3C2CCC2C3C2(C)C)C1. The van der Waals surface area contributed by atoms with Crippen molar-refractivity contribution in [2.45, 2.75) is 52.4 Å². The average Bonchev–Trinajstić information content (AvgIpc) is 2.75. The molecule has 0 bridgehead atoms. The normalized spacial score (nSPS) is 48.7. The van der Waals surface area contributed by atoms with Crippen molar-refractivity contribution in [2.75, 3.05) is 0 Å². The van der Waals surface area contributed by atoms with E-state index in [-0.39, 0.29) is 0 Å². The van der Waals surface area contributed by atoms with E-state index >= 15 is 0 Å². The summed E-state index contributed by atoms with van der Waals surface area (Å²) in [6, 6.07) is 0. The van der Waals surface area contributed by atoms with Crippen LogP contribution in [0, 0.1) is 35.0 Å². The van der Waals surface area contributed by atoms with Gasteiger partial charge in [0.1, 0.15) is 0 Å². The second-order valence-electron chi connectivity index (χ2n) is 7.94. The molecule has 0 aromatic rings. The topological polar surface area (TPSA) is 0 Å². The molecule has 0 amide bonds. The summed E-state index contributed by atoms with van der Waals surface area (Å²) in [5, 5.41) is 0. The van der Waals surface area contributed by atoms with Crippen LogP contribution in [0.2, 0.25) is 0 Å². The smallest absolute Gasteiger partial charge is 0.0157 e. The molecule has 3 fully saturated rings. The second kappa shape index (κ2) is 3.52. The van der Waals surface area contributed by atoms with E-state index in [9.17, 15) is 0 Å². The molecule has 0 saturated heterocycles. The molecule has 5 unspecified atom stereocenters. The molecule has 4 aliphatic rings. The fourth-order valence-electron chi connectivity index (χ4n) is 5.93. The standard InChI is InChI=1S/C18H26/c1-11-9-12-5-4-6-14-13(15(12)10-11)7-8-16-17(14)18(16,2)3/h10,12-14,16-17H,1,4-9H2,2-3H3. The van der Waals surface area contributed by atoms with Gasteiger partial charge in [0.15, 0.2) is 0 Å². The summed E-state index contributed by atoms with van der Waals surface area (Å²) in [4.78, 5) is 0. The summed E-state index contributed by atoms with van der Waals surface area (Å²) in [6.45, 7) is 9.27. The lowest BCUT2D eigenvalue weighted by Crippen LogP contribution is -2.24. The molecule has 0 aromatic heterocycles. The predicted molar refractivity (Wildman–Crippen MR) is 76.2 cm³/mol. The lowest BCUT2D eigenvalue weighted by Gasteiger charge is -2.32. The van der Waals surface area contributed by atoms with Gasteiger partial charge in [0.05, 0.1) is 0 Å². The van der Waals surface area contributed by atoms with Gasteiger partial charge < -0.3 is 0 Å². The molecule has 0 radical (unpaired) electrons. The quantitative estimate of drug-likeness (QED) is 0.562. The van der Waals surface area contributed by atoms with Gasteiger partial charge in [0, 0.05) is 0 Å². The van der Waals surface area contributed by atoms with E-state index in [1.54, 1.807) is 0 Å². The zero-order chi connectivity index (χ0) is 12.5. The molecular weight excluding hydrogens is 216 g/mol. The van der Waals surface area contributed by atoms with Crippen molar-refractivity contribution in [2.24, 2.45) is 35.0 Å². The van der Waals surface area contributed by atoms with Crippen LogP contribution >= 0.6 is 0 Å². The van der Waals surface area contributed by atoms with Gasteiger partial charge in [0.25, 0.3) is 0 Å². The summed E-state index contributed by atoms with van der Waals surface area (Å²) < 4.78 is 0. The minimum atomic E-state index is 0.662. The van der Waals surface area contributed by atoms with Gasteiger partial charge in [-0.25, -0.2) is 0 Å². The Bertz CT molecular complexity index is 425. The minimum Gasteiger partial charge on any atom is -0.0958 e. The summed E-state index contributed by atoms with van der Waals surface area (Å²) in [5.41, 5.74) is 3.89. The van der Waals surface area contributed by atoms with Crippen molar-refractivity contribution in [3.8, 4) is 0 Å². The molecule has 4 rings (SSSR count). The van der Waals surface area contributed by atoms with Crippen LogP contribution < -0.4 is 0 Å². The highest BCUT2D eigenvalue weighted by molar-refractivity contribution is 5.35. The number of hydrogen-bond acceptors (Lipinski definition) is 0. The molecule has 0 N–H and O–H groups in total. The Morgan fingerprint density at radius 1 is 1.17 bits per heavy atom. The first-order valence-corrected chi connectivity index (χ1v) is 7.98. The largest absolute Gasteiger partial charge is 0.0958 e. The third kappa shape index (κ3) is 1.38. The molecule has 18 heavy (non-hydrogen) atoms. The predicted octanol–water partition coefficient (Wildman–Crippen LogP) is 4.97. The third-order valence-electron chi connectivity index (χ3n) is 6.77. The Morgan fingerprint density at radius 2 is 2.00 bits per heavy atom. The highest BCUT2D eigenvalue weighted by atomic mass is 14.7. The van der Waals surface area contributed by atoms with E-state index in [0.717, 1.165) is 29.6 Å². The van der Waals surface area contributed by atoms with Crippen LogP contribution in [-0.2, 0) is 0 Å². The second-order valence-corrected chi connectivity index (χ2v) is 7.94. The van der Waals surface area contributed by atoms with Gasteiger partial charge in [-0.1, -0.05) is 44.1 Å². The fourth-order valence-corrected chi connectivity index (χ4v) is 5.93. The Hall–Kier alpha value is -0.520. The zero-order valence-electron chi connectivity index (χ0n) is 11.9. The van der Waals surface area contributed by atoms with Crippen LogP contribution in [0.25, 0.3) is 0 Å². The van der Waals surface area contributed by atoms with Gasteiger partial charge in [-0.3, -0.25) is 0 Å². The van der Waals surface area contributed by atoms with Crippen LogP contribution in [-0.4, -0.2) is 0 Å². The molecule has 4 aliphatic carbocycles. The maximum atomic E-state index is 4.23. The number of hydrogen-bond donors (Lipinski definition) is 0.